The Bertz CT molecular complexity index is 1800. The summed E-state index contributed by atoms with van der Waals surface area (Å²) in [6.45, 7) is 3.94. The van der Waals surface area contributed by atoms with Crippen molar-refractivity contribution in [1.29, 1.82) is 0 Å². The molecule has 0 aliphatic carbocycles. The molecule has 1 aliphatic heterocycles. The molecule has 0 N–H and O–H groups in total. The van der Waals surface area contributed by atoms with Crippen molar-refractivity contribution in [3.8, 4) is 34.0 Å². The summed E-state index contributed by atoms with van der Waals surface area (Å²) in [7, 11) is 1.37. The second-order valence-corrected chi connectivity index (χ2v) is 12.2. The number of ether oxygens (including phenoxy) is 2. The lowest BCUT2D eigenvalue weighted by Gasteiger charge is -2.28. The average Bonchev–Trinajstić information content (AvgIpc) is 3.60. The van der Waals surface area contributed by atoms with Gasteiger partial charge in [-0.3, -0.25) is 4.68 Å². The quantitative estimate of drug-likeness (QED) is 0.274. The van der Waals surface area contributed by atoms with Crippen molar-refractivity contribution in [2.45, 2.75) is 30.7 Å². The number of hydrogen-bond acceptors (Lipinski definition) is 8. The number of rotatable bonds is 7. The number of aromatic nitrogens is 5. The van der Waals surface area contributed by atoms with Crippen LogP contribution < -0.4 is 9.47 Å². The number of hydrogen-bond donors (Lipinski definition) is 0. The van der Waals surface area contributed by atoms with Crippen molar-refractivity contribution < 1.29 is 17.9 Å². The number of nitrogens with zero attached hydrogens (tertiary/aromatic N) is 6. The normalized spacial score (nSPS) is 14.9. The van der Waals surface area contributed by atoms with Crippen LogP contribution in [0.25, 0.3) is 33.3 Å². The number of likely N-dealkylation sites (tertiary alicyclic amines) is 1. The van der Waals surface area contributed by atoms with Crippen LogP contribution in [0.2, 0.25) is 0 Å². The highest BCUT2D eigenvalue weighted by molar-refractivity contribution is 7.90. The summed E-state index contributed by atoms with van der Waals surface area (Å²) >= 11 is 0. The van der Waals surface area contributed by atoms with Crippen LogP contribution in [0.3, 0.4) is 0 Å². The summed E-state index contributed by atoms with van der Waals surface area (Å²) in [6.07, 6.45) is 8.98. The van der Waals surface area contributed by atoms with E-state index in [-0.39, 0.29) is 10.9 Å². The summed E-state index contributed by atoms with van der Waals surface area (Å²) in [6, 6.07) is 12.6. The Morgan fingerprint density at radius 1 is 0.878 bits per heavy atom. The van der Waals surface area contributed by atoms with E-state index in [1.807, 2.05) is 29.9 Å². The first kappa shape index (κ1) is 27.0. The van der Waals surface area contributed by atoms with Crippen LogP contribution in [0.5, 0.6) is 11.8 Å². The van der Waals surface area contributed by atoms with Crippen molar-refractivity contribution in [2.24, 2.45) is 0 Å². The van der Waals surface area contributed by atoms with E-state index >= 15 is 0 Å². The fourth-order valence-electron chi connectivity index (χ4n) is 5.29. The summed E-state index contributed by atoms with van der Waals surface area (Å²) in [5.41, 5.74) is 4.30. The molecule has 5 heterocycles. The summed E-state index contributed by atoms with van der Waals surface area (Å²) in [5.74, 6) is 0.971. The molecule has 212 valence electrons. The van der Waals surface area contributed by atoms with Gasteiger partial charge in [-0.1, -0.05) is 17.7 Å². The number of benzene rings is 1. The molecular weight excluding hydrogens is 540 g/mol. The first-order valence-electron chi connectivity index (χ1n) is 13.4. The first-order valence-corrected chi connectivity index (χ1v) is 14.9. The molecule has 41 heavy (non-hydrogen) atoms. The van der Waals surface area contributed by atoms with Gasteiger partial charge < -0.3 is 14.4 Å². The summed E-state index contributed by atoms with van der Waals surface area (Å²) in [5, 5.41) is 5.41. The van der Waals surface area contributed by atoms with E-state index in [9.17, 15) is 8.42 Å². The van der Waals surface area contributed by atoms with Gasteiger partial charge in [-0.25, -0.2) is 22.4 Å². The number of piperidine rings is 1. The Morgan fingerprint density at radius 3 is 2.27 bits per heavy atom. The van der Waals surface area contributed by atoms with Crippen molar-refractivity contribution in [3.05, 3.63) is 72.8 Å². The lowest BCUT2D eigenvalue weighted by atomic mass is 10.0. The maximum atomic E-state index is 13.8. The fraction of sp³-hybridized carbons (Fsp3) is 0.300. The van der Waals surface area contributed by atoms with Crippen molar-refractivity contribution >= 4 is 21.1 Å². The maximum absolute atomic E-state index is 13.8. The second-order valence-electron chi connectivity index (χ2n) is 10.4. The van der Waals surface area contributed by atoms with Crippen LogP contribution in [0.4, 0.5) is 0 Å². The predicted molar refractivity (Wildman–Crippen MR) is 157 cm³/mol. The van der Waals surface area contributed by atoms with Gasteiger partial charge in [-0.05, 0) is 64.2 Å². The summed E-state index contributed by atoms with van der Waals surface area (Å²) in [4.78, 5) is 11.5. The zero-order chi connectivity index (χ0) is 28.7. The third-order valence-electron chi connectivity index (χ3n) is 7.71. The van der Waals surface area contributed by atoms with E-state index in [1.165, 1.54) is 3.97 Å². The van der Waals surface area contributed by atoms with E-state index in [0.29, 0.717) is 28.4 Å². The molecule has 1 fully saturated rings. The molecule has 0 atom stereocenters. The molecule has 0 spiro atoms. The predicted octanol–water partition coefficient (Wildman–Crippen LogP) is 4.79. The van der Waals surface area contributed by atoms with Gasteiger partial charge in [0.25, 0.3) is 10.0 Å². The molecule has 0 saturated carbocycles. The van der Waals surface area contributed by atoms with Gasteiger partial charge in [0, 0.05) is 52.9 Å². The van der Waals surface area contributed by atoms with E-state index in [0.717, 1.165) is 48.2 Å². The smallest absolute Gasteiger partial charge is 0.269 e. The van der Waals surface area contributed by atoms with Crippen LogP contribution in [0.1, 0.15) is 24.4 Å². The Hall–Kier alpha value is -4.22. The molecule has 0 amide bonds. The van der Waals surface area contributed by atoms with Gasteiger partial charge in [-0.15, -0.1) is 5.10 Å². The van der Waals surface area contributed by atoms with Crippen LogP contribution in [-0.4, -0.2) is 71.4 Å². The van der Waals surface area contributed by atoms with E-state index in [1.54, 1.807) is 63.1 Å². The SMILES string of the molecule is COc1ccc(-c2cn(S(=O)(=O)c3ccc(C)cc3)c3ncc(-c4cn(C5CCN(C)CC5)nc4OC)cc23)cn1. The molecule has 1 aromatic carbocycles. The highest BCUT2D eigenvalue weighted by Crippen LogP contribution is 2.37. The molecule has 0 radical (unpaired) electrons. The average molecular weight is 573 g/mol. The topological polar surface area (TPSA) is 104 Å². The molecule has 0 unspecified atom stereocenters. The Morgan fingerprint density at radius 2 is 1.61 bits per heavy atom. The molecule has 5 aromatic rings. The van der Waals surface area contributed by atoms with Crippen LogP contribution in [0, 0.1) is 6.92 Å². The lowest BCUT2D eigenvalue weighted by Crippen LogP contribution is -2.31. The highest BCUT2D eigenvalue weighted by atomic mass is 32.2. The number of pyridine rings is 2. The van der Waals surface area contributed by atoms with E-state index < -0.39 is 10.0 Å². The maximum Gasteiger partial charge on any atom is 0.269 e. The standard InChI is InChI=1S/C30H32N6O4S/c1-20-5-8-24(9-6-20)41(37,38)36-19-26(21-7-10-28(39-3)31-16-21)25-15-22(17-32-29(25)36)27-18-35(33-30(27)40-4)23-11-13-34(2)14-12-23/h5-10,15-19,23H,11-14H2,1-4H3. The number of aryl methyl sites for hydroxylation is 1. The minimum Gasteiger partial charge on any atom is -0.481 e. The molecule has 0 bridgehead atoms. The van der Waals surface area contributed by atoms with Gasteiger partial charge >= 0.3 is 0 Å². The minimum atomic E-state index is -3.92. The first-order chi connectivity index (χ1) is 19.8. The zero-order valence-corrected chi connectivity index (χ0v) is 24.3. The van der Waals surface area contributed by atoms with E-state index in [4.69, 9.17) is 19.6 Å². The molecule has 1 saturated heterocycles. The minimum absolute atomic E-state index is 0.186. The zero-order valence-electron chi connectivity index (χ0n) is 23.5. The monoisotopic (exact) mass is 572 g/mol. The van der Waals surface area contributed by atoms with Crippen LogP contribution >= 0.6 is 0 Å². The van der Waals surface area contributed by atoms with E-state index in [2.05, 4.69) is 16.9 Å². The third-order valence-corrected chi connectivity index (χ3v) is 9.37. The molecule has 10 nitrogen and oxygen atoms in total. The highest BCUT2D eigenvalue weighted by Gasteiger charge is 2.26. The van der Waals surface area contributed by atoms with Gasteiger partial charge in [0.05, 0.1) is 30.7 Å². The van der Waals surface area contributed by atoms with Gasteiger partial charge in [0.2, 0.25) is 11.8 Å². The molecule has 1 aliphatic rings. The fourth-order valence-corrected chi connectivity index (χ4v) is 6.62. The van der Waals surface area contributed by atoms with Crippen molar-refractivity contribution in [1.82, 2.24) is 28.6 Å². The number of fused-ring (bicyclic) bond motifs is 1. The van der Waals surface area contributed by atoms with Gasteiger partial charge in [0.1, 0.15) is 0 Å². The van der Waals surface area contributed by atoms with Crippen LogP contribution in [-0.2, 0) is 10.0 Å². The third kappa shape index (κ3) is 4.95. The van der Waals surface area contributed by atoms with Crippen molar-refractivity contribution in [2.75, 3.05) is 34.4 Å². The number of methoxy groups -OCH3 is 2. The molecular formula is C30H32N6O4S. The van der Waals surface area contributed by atoms with Crippen LogP contribution in [0.15, 0.2) is 72.1 Å². The Balaban J connectivity index is 1.50. The second kappa shape index (κ2) is 10.6. The van der Waals surface area contributed by atoms with Gasteiger partial charge in [0.15, 0.2) is 5.65 Å². The largest absolute Gasteiger partial charge is 0.481 e. The lowest BCUT2D eigenvalue weighted by molar-refractivity contribution is 0.210. The Labute approximate surface area is 239 Å². The molecule has 4 aromatic heterocycles. The van der Waals surface area contributed by atoms with Crippen molar-refractivity contribution in [3.63, 3.8) is 0 Å². The van der Waals surface area contributed by atoms with Gasteiger partial charge in [-0.2, -0.15) is 0 Å². The molecule has 6 rings (SSSR count). The molecule has 11 heteroatoms. The summed E-state index contributed by atoms with van der Waals surface area (Å²) < 4.78 is 41.8. The Kier molecular flexibility index (Phi) is 7.00.